The van der Waals surface area contributed by atoms with Crippen LogP contribution in [0.25, 0.3) is 11.3 Å². The monoisotopic (exact) mass is 452 g/mol. The number of halogens is 4. The second kappa shape index (κ2) is 8.76. The van der Waals surface area contributed by atoms with Crippen LogP contribution in [0, 0.1) is 0 Å². The number of benzene rings is 1. The lowest BCUT2D eigenvalue weighted by Gasteiger charge is -2.35. The number of ether oxygens (including phenoxy) is 1. The fourth-order valence-electron chi connectivity index (χ4n) is 3.53. The molecule has 0 aliphatic carbocycles. The van der Waals surface area contributed by atoms with Gasteiger partial charge in [0.25, 0.3) is 0 Å². The highest BCUT2D eigenvalue weighted by Crippen LogP contribution is 2.34. The van der Waals surface area contributed by atoms with Crippen molar-refractivity contribution in [2.24, 2.45) is 0 Å². The van der Waals surface area contributed by atoms with Crippen molar-refractivity contribution in [3.05, 3.63) is 58.9 Å². The Labute approximate surface area is 182 Å². The molecule has 1 aromatic carbocycles. The molecule has 1 fully saturated rings. The molecule has 6 nitrogen and oxygen atoms in total. The minimum absolute atomic E-state index is 0.0000372. The Hall–Kier alpha value is -2.78. The molecule has 10 heteroatoms. The van der Waals surface area contributed by atoms with Crippen molar-refractivity contribution in [1.29, 1.82) is 0 Å². The highest BCUT2D eigenvalue weighted by Gasteiger charge is 2.32. The van der Waals surface area contributed by atoms with E-state index in [0.717, 1.165) is 29.3 Å². The summed E-state index contributed by atoms with van der Waals surface area (Å²) in [7, 11) is 1.61. The molecule has 3 heterocycles. The van der Waals surface area contributed by atoms with Gasteiger partial charge in [0, 0.05) is 44.0 Å². The summed E-state index contributed by atoms with van der Waals surface area (Å²) in [5.41, 5.74) is 0.704. The number of methoxy groups -OCH3 is 1. The van der Waals surface area contributed by atoms with Crippen molar-refractivity contribution < 1.29 is 22.4 Å². The van der Waals surface area contributed by atoms with Gasteiger partial charge >= 0.3 is 6.18 Å². The quantitative estimate of drug-likeness (QED) is 0.557. The maximum absolute atomic E-state index is 12.8. The Bertz CT molecular complexity index is 1050. The predicted molar refractivity (Wildman–Crippen MR) is 110 cm³/mol. The van der Waals surface area contributed by atoms with Crippen molar-refractivity contribution >= 4 is 17.4 Å². The molecule has 1 aliphatic heterocycles. The first-order chi connectivity index (χ1) is 14.8. The first kappa shape index (κ1) is 21.5. The van der Waals surface area contributed by atoms with Crippen molar-refractivity contribution in [1.82, 2.24) is 15.0 Å². The number of rotatable bonds is 5. The molecule has 31 heavy (non-hydrogen) atoms. The van der Waals surface area contributed by atoms with E-state index in [4.69, 9.17) is 20.9 Å². The topological polar surface area (TPSA) is 54.6 Å². The number of para-hydroxylation sites is 1. The van der Waals surface area contributed by atoms with Crippen molar-refractivity contribution in [2.45, 2.75) is 12.7 Å². The second-order valence-corrected chi connectivity index (χ2v) is 7.58. The molecule has 0 amide bonds. The Balaban J connectivity index is 1.38. The molecule has 1 aliphatic rings. The fourth-order valence-corrected chi connectivity index (χ4v) is 3.81. The Kier molecular flexibility index (Phi) is 6.06. The van der Waals surface area contributed by atoms with Crippen LogP contribution in [0.1, 0.15) is 11.3 Å². The van der Waals surface area contributed by atoms with E-state index in [1.807, 2.05) is 35.2 Å². The van der Waals surface area contributed by atoms with Gasteiger partial charge in [-0.25, -0.2) is 4.98 Å². The van der Waals surface area contributed by atoms with E-state index in [1.165, 1.54) is 0 Å². The zero-order valence-corrected chi connectivity index (χ0v) is 17.5. The zero-order valence-electron chi connectivity index (χ0n) is 16.7. The molecule has 0 spiro atoms. The van der Waals surface area contributed by atoms with Gasteiger partial charge in [-0.05, 0) is 18.2 Å². The molecule has 0 unspecified atom stereocenters. The van der Waals surface area contributed by atoms with Crippen molar-refractivity contribution in [3.8, 4) is 17.0 Å². The molecule has 3 aromatic rings. The van der Waals surface area contributed by atoms with Gasteiger partial charge in [-0.2, -0.15) is 13.2 Å². The van der Waals surface area contributed by atoms with Crippen molar-refractivity contribution in [3.63, 3.8) is 0 Å². The van der Waals surface area contributed by atoms with Gasteiger partial charge in [-0.3, -0.25) is 4.90 Å². The molecule has 2 aromatic heterocycles. The van der Waals surface area contributed by atoms with Gasteiger partial charge in [0.05, 0.1) is 24.2 Å². The Morgan fingerprint density at radius 3 is 2.55 bits per heavy atom. The van der Waals surface area contributed by atoms with Gasteiger partial charge in [0.15, 0.2) is 5.76 Å². The maximum atomic E-state index is 12.8. The number of hydrogen-bond donors (Lipinski definition) is 0. The second-order valence-electron chi connectivity index (χ2n) is 7.17. The average Bonchev–Trinajstić information content (AvgIpc) is 3.22. The number of nitrogens with zero attached hydrogens (tertiary/aromatic N) is 4. The summed E-state index contributed by atoms with van der Waals surface area (Å²) in [6.07, 6.45) is -3.64. The van der Waals surface area contributed by atoms with Crippen molar-refractivity contribution in [2.75, 3.05) is 38.2 Å². The predicted octanol–water partition coefficient (Wildman–Crippen LogP) is 4.74. The molecule has 164 valence electrons. The first-order valence-electron chi connectivity index (χ1n) is 9.64. The van der Waals surface area contributed by atoms with Crippen LogP contribution < -0.4 is 9.64 Å². The van der Waals surface area contributed by atoms with E-state index >= 15 is 0 Å². The summed E-state index contributed by atoms with van der Waals surface area (Å²) in [4.78, 5) is 8.02. The Morgan fingerprint density at radius 1 is 1.13 bits per heavy atom. The highest BCUT2D eigenvalue weighted by molar-refractivity contribution is 6.33. The molecular weight excluding hydrogens is 433 g/mol. The third kappa shape index (κ3) is 4.77. The lowest BCUT2D eigenvalue weighted by atomic mass is 10.1. The van der Waals surface area contributed by atoms with E-state index in [-0.39, 0.29) is 5.02 Å². The fraction of sp³-hybridized carbons (Fsp3) is 0.333. The minimum atomic E-state index is -4.46. The number of hydrogen-bond acceptors (Lipinski definition) is 6. The minimum Gasteiger partial charge on any atom is -0.496 e. The van der Waals surface area contributed by atoms with Crippen LogP contribution in [0.5, 0.6) is 5.75 Å². The molecule has 1 saturated heterocycles. The van der Waals surface area contributed by atoms with Crippen LogP contribution in [0.4, 0.5) is 19.0 Å². The Morgan fingerprint density at radius 2 is 1.87 bits per heavy atom. The summed E-state index contributed by atoms with van der Waals surface area (Å²) >= 11 is 6.07. The van der Waals surface area contributed by atoms with Gasteiger partial charge in [-0.1, -0.05) is 28.9 Å². The number of pyridine rings is 1. The normalized spacial score (nSPS) is 15.3. The SMILES string of the molecule is COc1ccccc1-c1cc(CN2CCN(c3ncc(C(F)(F)F)cc3Cl)CC2)on1. The third-order valence-corrected chi connectivity index (χ3v) is 5.42. The molecular formula is C21H20ClF3N4O2. The number of anilines is 1. The van der Waals surface area contributed by atoms with Crippen LogP contribution >= 0.6 is 11.6 Å². The smallest absolute Gasteiger partial charge is 0.417 e. The first-order valence-corrected chi connectivity index (χ1v) is 10.0. The lowest BCUT2D eigenvalue weighted by Crippen LogP contribution is -2.46. The largest absolute Gasteiger partial charge is 0.496 e. The van der Waals surface area contributed by atoms with Crippen LogP contribution in [-0.2, 0) is 12.7 Å². The number of piperazine rings is 1. The van der Waals surface area contributed by atoms with Gasteiger partial charge in [0.1, 0.15) is 17.3 Å². The van der Waals surface area contributed by atoms with E-state index in [2.05, 4.69) is 15.0 Å². The number of aromatic nitrogens is 2. The third-order valence-electron chi connectivity index (χ3n) is 5.14. The zero-order chi connectivity index (χ0) is 22.0. The van der Waals surface area contributed by atoms with Crippen LogP contribution in [0.2, 0.25) is 5.02 Å². The van der Waals surface area contributed by atoms with Crippen LogP contribution in [0.3, 0.4) is 0 Å². The van der Waals surface area contributed by atoms with E-state index in [1.54, 1.807) is 7.11 Å². The molecule has 0 atom stereocenters. The summed E-state index contributed by atoms with van der Waals surface area (Å²) in [5, 5.41) is 4.15. The van der Waals surface area contributed by atoms with Crippen LogP contribution in [-0.4, -0.2) is 48.3 Å². The summed E-state index contributed by atoms with van der Waals surface area (Å²) in [6, 6.07) is 10.4. The lowest BCUT2D eigenvalue weighted by molar-refractivity contribution is -0.137. The molecule has 0 radical (unpaired) electrons. The molecule has 0 saturated carbocycles. The molecule has 4 rings (SSSR count). The summed E-state index contributed by atoms with van der Waals surface area (Å²) in [5.74, 6) is 1.81. The van der Waals surface area contributed by atoms with E-state index < -0.39 is 11.7 Å². The van der Waals surface area contributed by atoms with Gasteiger partial charge in [-0.15, -0.1) is 0 Å². The van der Waals surface area contributed by atoms with E-state index in [9.17, 15) is 13.2 Å². The summed E-state index contributed by atoms with van der Waals surface area (Å²) in [6.45, 7) is 3.12. The number of alkyl halides is 3. The maximum Gasteiger partial charge on any atom is 0.417 e. The molecule has 0 N–H and O–H groups in total. The van der Waals surface area contributed by atoms with Gasteiger partial charge in [0.2, 0.25) is 0 Å². The summed E-state index contributed by atoms with van der Waals surface area (Å²) < 4.78 is 49.3. The molecule has 0 bridgehead atoms. The van der Waals surface area contributed by atoms with Gasteiger partial charge < -0.3 is 14.2 Å². The highest BCUT2D eigenvalue weighted by atomic mass is 35.5. The average molecular weight is 453 g/mol. The van der Waals surface area contributed by atoms with Crippen LogP contribution in [0.15, 0.2) is 47.1 Å². The standard InChI is InChI=1S/C21H20ClF3N4O2/c1-30-19-5-3-2-4-16(19)18-11-15(31-27-18)13-28-6-8-29(9-7-28)20-17(22)10-14(12-26-20)21(23,24)25/h2-5,10-12H,6-9,13H2,1H3. The van der Waals surface area contributed by atoms with E-state index in [0.29, 0.717) is 44.2 Å².